The van der Waals surface area contributed by atoms with E-state index in [0.717, 1.165) is 25.9 Å². The Morgan fingerprint density at radius 2 is 1.87 bits per heavy atom. The molecule has 2 heterocycles. The highest BCUT2D eigenvalue weighted by Gasteiger charge is 2.19. The smallest absolute Gasteiger partial charge is 0.258 e. The van der Waals surface area contributed by atoms with Crippen LogP contribution in [0.25, 0.3) is 16.6 Å². The lowest BCUT2D eigenvalue weighted by molar-refractivity contribution is 0.0793. The average molecular weight is 405 g/mol. The molecule has 1 saturated heterocycles. The van der Waals surface area contributed by atoms with Crippen molar-refractivity contribution in [1.29, 1.82) is 5.53 Å². The van der Waals surface area contributed by atoms with Gasteiger partial charge < -0.3 is 15.2 Å². The third-order valence-electron chi connectivity index (χ3n) is 5.10. The molecule has 0 aliphatic carbocycles. The van der Waals surface area contributed by atoms with Crippen molar-refractivity contribution < 1.29 is 9.18 Å². The molecule has 2 aromatic carbocycles. The molecule has 4 rings (SSSR count). The van der Waals surface area contributed by atoms with Crippen LogP contribution in [0.3, 0.4) is 0 Å². The van der Waals surface area contributed by atoms with Gasteiger partial charge in [-0.05, 0) is 61.4 Å². The molecule has 3 aromatic rings. The molecule has 3 N–H and O–H groups in total. The quantitative estimate of drug-likeness (QED) is 0.550. The zero-order chi connectivity index (χ0) is 21.1. The highest BCUT2D eigenvalue weighted by atomic mass is 19.1. The summed E-state index contributed by atoms with van der Waals surface area (Å²) < 4.78 is 13.5. The second-order valence-corrected chi connectivity index (χ2v) is 7.11. The van der Waals surface area contributed by atoms with Gasteiger partial charge in [-0.25, -0.2) is 9.92 Å². The number of anilines is 1. The van der Waals surface area contributed by atoms with E-state index < -0.39 is 11.4 Å². The number of aromatic nitrogens is 1. The van der Waals surface area contributed by atoms with Crippen molar-refractivity contribution in [3.8, 4) is 0 Å². The first kappa shape index (κ1) is 19.5. The highest BCUT2D eigenvalue weighted by Crippen LogP contribution is 2.20. The number of aromatic amines is 1. The molecule has 0 atom stereocenters. The molecular weight excluding hydrogens is 385 g/mol. The zero-order valence-electron chi connectivity index (χ0n) is 16.1. The minimum Gasteiger partial charge on any atom is -0.360 e. The Bertz CT molecular complexity index is 1190. The Labute approximate surface area is 171 Å². The first-order valence-corrected chi connectivity index (χ1v) is 9.61. The zero-order valence-corrected chi connectivity index (χ0v) is 16.1. The Kier molecular flexibility index (Phi) is 5.38. The first-order chi connectivity index (χ1) is 14.5. The topological polar surface area (TPSA) is 101 Å². The lowest BCUT2D eigenvalue weighted by Gasteiger charge is -2.15. The number of carbonyl (C=O) groups is 1. The molecule has 0 unspecified atom stereocenters. The third kappa shape index (κ3) is 3.98. The predicted octanol–water partition coefficient (Wildman–Crippen LogP) is 4.34. The van der Waals surface area contributed by atoms with Crippen molar-refractivity contribution in [2.75, 3.05) is 18.4 Å². The van der Waals surface area contributed by atoms with Crippen molar-refractivity contribution in [1.82, 2.24) is 9.88 Å². The third-order valence-corrected chi connectivity index (χ3v) is 5.10. The van der Waals surface area contributed by atoms with E-state index >= 15 is 0 Å². The number of carbonyl (C=O) groups excluding carboxylic acids is 1. The number of halogens is 1. The van der Waals surface area contributed by atoms with Crippen LogP contribution >= 0.6 is 0 Å². The standard InChI is InChI=1S/C22H20FN5O2/c23-16-5-8-19-15(11-16)12-18(21(29)26-19)20(27-24)13-25-17-6-3-14(4-7-17)22(30)28-9-1-2-10-28/h3-8,11-13,24-25H,1-2,9-10H2,(H,26,29)/b20-13-,27-24?. The van der Waals surface area contributed by atoms with Gasteiger partial charge in [0.15, 0.2) is 0 Å². The first-order valence-electron chi connectivity index (χ1n) is 9.61. The van der Waals surface area contributed by atoms with Crippen LogP contribution in [0, 0.1) is 11.3 Å². The van der Waals surface area contributed by atoms with Gasteiger partial charge in [0.1, 0.15) is 11.5 Å². The Morgan fingerprint density at radius 3 is 2.57 bits per heavy atom. The van der Waals surface area contributed by atoms with E-state index in [9.17, 15) is 14.0 Å². The molecule has 0 bridgehead atoms. The maximum atomic E-state index is 13.5. The molecule has 1 amide bonds. The second-order valence-electron chi connectivity index (χ2n) is 7.11. The van der Waals surface area contributed by atoms with Gasteiger partial charge in [-0.1, -0.05) is 0 Å². The maximum absolute atomic E-state index is 13.5. The summed E-state index contributed by atoms with van der Waals surface area (Å²) in [7, 11) is 0. The number of amides is 1. The van der Waals surface area contributed by atoms with Crippen LogP contribution in [0.4, 0.5) is 10.1 Å². The van der Waals surface area contributed by atoms with Crippen LogP contribution in [-0.2, 0) is 0 Å². The average Bonchev–Trinajstić information content (AvgIpc) is 3.29. The van der Waals surface area contributed by atoms with Crippen molar-refractivity contribution in [3.63, 3.8) is 0 Å². The summed E-state index contributed by atoms with van der Waals surface area (Å²) in [4.78, 5) is 29.3. The van der Waals surface area contributed by atoms with Crippen molar-refractivity contribution in [3.05, 3.63) is 82.0 Å². The minimum atomic E-state index is -0.426. The van der Waals surface area contributed by atoms with E-state index in [4.69, 9.17) is 5.53 Å². The fourth-order valence-corrected chi connectivity index (χ4v) is 3.50. The largest absolute Gasteiger partial charge is 0.360 e. The van der Waals surface area contributed by atoms with Gasteiger partial charge in [0, 0.05) is 41.4 Å². The number of nitrogens with zero attached hydrogens (tertiary/aromatic N) is 2. The van der Waals surface area contributed by atoms with E-state index in [1.54, 1.807) is 24.3 Å². The Morgan fingerprint density at radius 1 is 1.13 bits per heavy atom. The van der Waals surface area contributed by atoms with Crippen LogP contribution < -0.4 is 10.9 Å². The van der Waals surface area contributed by atoms with Crippen molar-refractivity contribution in [2.45, 2.75) is 12.8 Å². The fourth-order valence-electron chi connectivity index (χ4n) is 3.50. The summed E-state index contributed by atoms with van der Waals surface area (Å²) in [6, 6.07) is 12.5. The van der Waals surface area contributed by atoms with Crippen LogP contribution in [0.15, 0.2) is 64.6 Å². The van der Waals surface area contributed by atoms with Crippen LogP contribution in [0.5, 0.6) is 0 Å². The van der Waals surface area contributed by atoms with Crippen LogP contribution in [0.2, 0.25) is 0 Å². The molecule has 1 aliphatic rings. The molecule has 152 valence electrons. The highest BCUT2D eigenvalue weighted by molar-refractivity contribution is 5.94. The fraction of sp³-hybridized carbons (Fsp3) is 0.182. The van der Waals surface area contributed by atoms with Crippen LogP contribution in [-0.4, -0.2) is 28.9 Å². The number of likely N-dealkylation sites (tertiary alicyclic amines) is 1. The number of hydrogen-bond donors (Lipinski definition) is 3. The van der Waals surface area contributed by atoms with E-state index in [1.807, 2.05) is 4.90 Å². The van der Waals surface area contributed by atoms with Gasteiger partial charge in [-0.15, -0.1) is 0 Å². The van der Waals surface area contributed by atoms with Gasteiger partial charge in [0.2, 0.25) is 0 Å². The molecule has 7 nitrogen and oxygen atoms in total. The number of hydrogen-bond acceptors (Lipinski definition) is 5. The van der Waals surface area contributed by atoms with Crippen molar-refractivity contribution in [2.24, 2.45) is 5.11 Å². The van der Waals surface area contributed by atoms with Gasteiger partial charge in [0.25, 0.3) is 11.5 Å². The number of nitrogens with one attached hydrogen (secondary N) is 3. The number of fused-ring (bicyclic) bond motifs is 1. The van der Waals surface area contributed by atoms with Gasteiger partial charge in [-0.3, -0.25) is 9.59 Å². The van der Waals surface area contributed by atoms with Gasteiger partial charge in [0.05, 0.1) is 5.56 Å². The molecule has 0 saturated carbocycles. The molecule has 0 spiro atoms. The molecule has 8 heteroatoms. The van der Waals surface area contributed by atoms with E-state index in [2.05, 4.69) is 15.4 Å². The molecule has 30 heavy (non-hydrogen) atoms. The summed E-state index contributed by atoms with van der Waals surface area (Å²) in [5, 5.41) is 6.93. The molecule has 0 radical (unpaired) electrons. The number of benzene rings is 2. The minimum absolute atomic E-state index is 0.0198. The molecular formula is C22H20FN5O2. The van der Waals surface area contributed by atoms with E-state index in [1.165, 1.54) is 30.5 Å². The van der Waals surface area contributed by atoms with Crippen LogP contribution in [0.1, 0.15) is 28.8 Å². The summed E-state index contributed by atoms with van der Waals surface area (Å²) >= 11 is 0. The van der Waals surface area contributed by atoms with Gasteiger partial charge >= 0.3 is 0 Å². The van der Waals surface area contributed by atoms with Gasteiger partial charge in [-0.2, -0.15) is 5.11 Å². The molecule has 1 fully saturated rings. The molecule has 1 aromatic heterocycles. The normalized spacial score (nSPS) is 14.2. The maximum Gasteiger partial charge on any atom is 0.258 e. The predicted molar refractivity (Wildman–Crippen MR) is 113 cm³/mol. The Hall–Kier alpha value is -3.81. The Balaban J connectivity index is 1.55. The molecule has 1 aliphatic heterocycles. The monoisotopic (exact) mass is 405 g/mol. The number of pyridine rings is 1. The SMILES string of the molecule is N=N/C(=C\Nc1ccc(C(=O)N2CCCC2)cc1)c1cc2cc(F)ccc2[nH]c1=O. The second kappa shape index (κ2) is 8.28. The lowest BCUT2D eigenvalue weighted by Crippen LogP contribution is -2.27. The van der Waals surface area contributed by atoms with E-state index in [0.29, 0.717) is 22.2 Å². The summed E-state index contributed by atoms with van der Waals surface area (Å²) in [6.45, 7) is 1.58. The summed E-state index contributed by atoms with van der Waals surface area (Å²) in [6.07, 6.45) is 3.51. The van der Waals surface area contributed by atoms with Crippen molar-refractivity contribution >= 4 is 28.2 Å². The van der Waals surface area contributed by atoms with E-state index in [-0.39, 0.29) is 17.2 Å². The summed E-state index contributed by atoms with van der Waals surface area (Å²) in [5.41, 5.74) is 9.05. The summed E-state index contributed by atoms with van der Waals surface area (Å²) in [5.74, 6) is -0.401. The number of rotatable bonds is 5. The number of H-pyrrole nitrogens is 1. The lowest BCUT2D eigenvalue weighted by atomic mass is 10.1.